The van der Waals surface area contributed by atoms with E-state index < -0.39 is 23.5 Å². The van der Waals surface area contributed by atoms with Crippen LogP contribution < -0.4 is 0 Å². The van der Waals surface area contributed by atoms with Crippen molar-refractivity contribution in [3.63, 3.8) is 0 Å². The van der Waals surface area contributed by atoms with Gasteiger partial charge in [0.05, 0.1) is 5.54 Å². The SMILES string of the molecule is CC(C)(C)n1nc(F)c(C(F)F)c1Br. The molecule has 0 aliphatic rings. The maximum atomic E-state index is 13.0. The van der Waals surface area contributed by atoms with Crippen LogP contribution in [-0.4, -0.2) is 9.78 Å². The first kappa shape index (κ1) is 11.6. The van der Waals surface area contributed by atoms with Gasteiger partial charge in [0.25, 0.3) is 6.43 Å². The summed E-state index contributed by atoms with van der Waals surface area (Å²) in [6.07, 6.45) is -2.86. The van der Waals surface area contributed by atoms with Gasteiger partial charge in [-0.3, -0.25) is 0 Å². The molecular weight excluding hydrogens is 261 g/mol. The second-order valence-corrected chi connectivity index (χ2v) is 4.63. The molecule has 0 amide bonds. The molecule has 0 spiro atoms. The van der Waals surface area contributed by atoms with Gasteiger partial charge in [0, 0.05) is 0 Å². The predicted octanol–water partition coefficient (Wildman–Crippen LogP) is 3.48. The molecule has 0 radical (unpaired) electrons. The first-order valence-corrected chi connectivity index (χ1v) is 4.77. The van der Waals surface area contributed by atoms with Crippen LogP contribution in [0, 0.1) is 5.95 Å². The highest BCUT2D eigenvalue weighted by Crippen LogP contribution is 2.32. The number of alkyl halides is 2. The first-order valence-electron chi connectivity index (χ1n) is 3.97. The number of halogens is 4. The maximum Gasteiger partial charge on any atom is 0.270 e. The summed E-state index contributed by atoms with van der Waals surface area (Å²) in [5.41, 5.74) is -1.22. The van der Waals surface area contributed by atoms with Gasteiger partial charge in [-0.05, 0) is 36.7 Å². The zero-order chi connectivity index (χ0) is 11.1. The van der Waals surface area contributed by atoms with E-state index >= 15 is 0 Å². The van der Waals surface area contributed by atoms with Gasteiger partial charge in [0.2, 0.25) is 5.95 Å². The smallest absolute Gasteiger partial charge is 0.250 e. The summed E-state index contributed by atoms with van der Waals surface area (Å²) in [6.45, 7) is 5.25. The monoisotopic (exact) mass is 270 g/mol. The van der Waals surface area contributed by atoms with E-state index in [-0.39, 0.29) is 4.60 Å². The van der Waals surface area contributed by atoms with E-state index in [1.165, 1.54) is 4.68 Å². The van der Waals surface area contributed by atoms with Gasteiger partial charge in [0.1, 0.15) is 10.2 Å². The van der Waals surface area contributed by atoms with E-state index in [2.05, 4.69) is 21.0 Å². The quantitative estimate of drug-likeness (QED) is 0.764. The number of hydrogen-bond acceptors (Lipinski definition) is 1. The minimum atomic E-state index is -2.86. The van der Waals surface area contributed by atoms with E-state index in [1.54, 1.807) is 20.8 Å². The summed E-state index contributed by atoms with van der Waals surface area (Å²) in [5, 5.41) is 3.43. The fourth-order valence-electron chi connectivity index (χ4n) is 1.01. The average molecular weight is 271 g/mol. The van der Waals surface area contributed by atoms with Gasteiger partial charge in [-0.1, -0.05) is 0 Å². The van der Waals surface area contributed by atoms with E-state index in [0.29, 0.717) is 0 Å². The topological polar surface area (TPSA) is 17.8 Å². The van der Waals surface area contributed by atoms with E-state index in [1.807, 2.05) is 0 Å². The lowest BCUT2D eigenvalue weighted by molar-refractivity contribution is 0.145. The van der Waals surface area contributed by atoms with Gasteiger partial charge >= 0.3 is 0 Å². The van der Waals surface area contributed by atoms with Crippen LogP contribution >= 0.6 is 15.9 Å². The number of aromatic nitrogens is 2. The highest BCUT2D eigenvalue weighted by atomic mass is 79.9. The molecule has 0 fully saturated rings. The molecule has 0 aromatic carbocycles. The molecule has 1 rings (SSSR count). The second kappa shape index (κ2) is 3.56. The normalized spacial score (nSPS) is 12.6. The van der Waals surface area contributed by atoms with Crippen molar-refractivity contribution in [3.05, 3.63) is 16.1 Å². The lowest BCUT2D eigenvalue weighted by Crippen LogP contribution is -2.23. The third-order valence-electron chi connectivity index (χ3n) is 1.67. The zero-order valence-electron chi connectivity index (χ0n) is 7.98. The summed E-state index contributed by atoms with van der Waals surface area (Å²) < 4.78 is 38.9. The largest absolute Gasteiger partial charge is 0.270 e. The molecule has 6 heteroatoms. The van der Waals surface area contributed by atoms with Crippen LogP contribution in [0.5, 0.6) is 0 Å². The predicted molar refractivity (Wildman–Crippen MR) is 49.8 cm³/mol. The Kier molecular flexibility index (Phi) is 2.94. The molecule has 0 unspecified atom stereocenters. The molecular formula is C8H10BrF3N2. The fourth-order valence-corrected chi connectivity index (χ4v) is 1.96. The first-order chi connectivity index (χ1) is 6.25. The number of rotatable bonds is 1. The standard InChI is InChI=1S/C8H10BrF3N2/c1-8(2,3)14-5(9)4(6(10)11)7(12)13-14/h6H,1-3H3. The molecule has 0 aliphatic heterocycles. The molecule has 2 nitrogen and oxygen atoms in total. The summed E-state index contributed by atoms with van der Waals surface area (Å²) in [7, 11) is 0. The third kappa shape index (κ3) is 1.94. The lowest BCUT2D eigenvalue weighted by atomic mass is 10.1. The summed E-state index contributed by atoms with van der Waals surface area (Å²) >= 11 is 2.92. The Labute approximate surface area is 88.2 Å². The van der Waals surface area contributed by atoms with Crippen molar-refractivity contribution >= 4 is 15.9 Å². The van der Waals surface area contributed by atoms with Crippen molar-refractivity contribution in [3.8, 4) is 0 Å². The van der Waals surface area contributed by atoms with Crippen LogP contribution in [0.3, 0.4) is 0 Å². The molecule has 0 bridgehead atoms. The van der Waals surface area contributed by atoms with Crippen LogP contribution in [0.2, 0.25) is 0 Å². The highest BCUT2D eigenvalue weighted by Gasteiger charge is 2.28. The lowest BCUT2D eigenvalue weighted by Gasteiger charge is -2.20. The summed E-state index contributed by atoms with van der Waals surface area (Å²) in [5.74, 6) is -1.12. The van der Waals surface area contributed by atoms with Crippen LogP contribution in [0.4, 0.5) is 13.2 Å². The van der Waals surface area contributed by atoms with Crippen molar-refractivity contribution in [2.45, 2.75) is 32.7 Å². The Morgan fingerprint density at radius 2 is 1.86 bits per heavy atom. The van der Waals surface area contributed by atoms with Gasteiger partial charge in [0.15, 0.2) is 0 Å². The van der Waals surface area contributed by atoms with Crippen LogP contribution in [0.15, 0.2) is 4.60 Å². The van der Waals surface area contributed by atoms with E-state index in [0.717, 1.165) is 0 Å². The Morgan fingerprint density at radius 3 is 2.07 bits per heavy atom. The van der Waals surface area contributed by atoms with Crippen molar-refractivity contribution in [2.24, 2.45) is 0 Å². The van der Waals surface area contributed by atoms with Crippen LogP contribution in [0.1, 0.15) is 32.8 Å². The van der Waals surface area contributed by atoms with Crippen molar-refractivity contribution in [1.29, 1.82) is 0 Å². The van der Waals surface area contributed by atoms with Crippen molar-refractivity contribution in [2.75, 3.05) is 0 Å². The fraction of sp³-hybridized carbons (Fsp3) is 0.625. The molecule has 0 aliphatic carbocycles. The third-order valence-corrected chi connectivity index (χ3v) is 2.43. The second-order valence-electron chi connectivity index (χ2n) is 3.88. The van der Waals surface area contributed by atoms with Crippen LogP contribution in [-0.2, 0) is 5.54 Å². The number of nitrogens with zero attached hydrogens (tertiary/aromatic N) is 2. The Bertz CT molecular complexity index is 341. The van der Waals surface area contributed by atoms with Crippen LogP contribution in [0.25, 0.3) is 0 Å². The van der Waals surface area contributed by atoms with Gasteiger partial charge in [-0.15, -0.1) is 5.10 Å². The van der Waals surface area contributed by atoms with E-state index in [9.17, 15) is 13.2 Å². The molecule has 1 aromatic rings. The maximum absolute atomic E-state index is 13.0. The molecule has 1 heterocycles. The molecule has 1 aromatic heterocycles. The van der Waals surface area contributed by atoms with Gasteiger partial charge < -0.3 is 0 Å². The molecule has 0 N–H and O–H groups in total. The Morgan fingerprint density at radius 1 is 1.36 bits per heavy atom. The van der Waals surface area contributed by atoms with Gasteiger partial charge in [-0.2, -0.15) is 4.39 Å². The molecule has 80 valence electrons. The van der Waals surface area contributed by atoms with Crippen molar-refractivity contribution < 1.29 is 13.2 Å². The number of hydrogen-bond donors (Lipinski definition) is 0. The summed E-state index contributed by atoms with van der Waals surface area (Å²) in [6, 6.07) is 0. The molecule has 0 atom stereocenters. The minimum absolute atomic E-state index is 0.00231. The molecule has 0 saturated heterocycles. The highest BCUT2D eigenvalue weighted by molar-refractivity contribution is 9.10. The zero-order valence-corrected chi connectivity index (χ0v) is 9.57. The molecule has 14 heavy (non-hydrogen) atoms. The van der Waals surface area contributed by atoms with E-state index in [4.69, 9.17) is 0 Å². The Hall–Kier alpha value is -0.520. The summed E-state index contributed by atoms with van der Waals surface area (Å²) in [4.78, 5) is 0. The molecule has 0 saturated carbocycles. The van der Waals surface area contributed by atoms with Gasteiger partial charge in [-0.25, -0.2) is 13.5 Å². The Balaban J connectivity index is 3.31. The van der Waals surface area contributed by atoms with Crippen molar-refractivity contribution in [1.82, 2.24) is 9.78 Å². The minimum Gasteiger partial charge on any atom is -0.250 e. The average Bonchev–Trinajstić information content (AvgIpc) is 2.24.